The molecule has 0 bridgehead atoms. The summed E-state index contributed by atoms with van der Waals surface area (Å²) >= 11 is 0. The van der Waals surface area contributed by atoms with E-state index < -0.39 is 9.84 Å². The van der Waals surface area contributed by atoms with Crippen molar-refractivity contribution >= 4 is 27.2 Å². The zero-order chi connectivity index (χ0) is 16.4. The van der Waals surface area contributed by atoms with Crippen molar-refractivity contribution < 1.29 is 8.42 Å². The van der Waals surface area contributed by atoms with Crippen molar-refractivity contribution in [2.45, 2.75) is 26.3 Å². The summed E-state index contributed by atoms with van der Waals surface area (Å²) in [5.41, 5.74) is 3.34. The molecule has 1 aromatic heterocycles. The molecule has 2 N–H and O–H groups in total. The van der Waals surface area contributed by atoms with Gasteiger partial charge in [0.25, 0.3) is 0 Å². The van der Waals surface area contributed by atoms with Gasteiger partial charge >= 0.3 is 0 Å². The van der Waals surface area contributed by atoms with Gasteiger partial charge in [-0.1, -0.05) is 17.7 Å². The Kier molecular flexibility index (Phi) is 4.21. The van der Waals surface area contributed by atoms with E-state index in [4.69, 9.17) is 0 Å². The Morgan fingerprint density at radius 1 is 1.13 bits per heavy atom. The van der Waals surface area contributed by atoms with Gasteiger partial charge in [-0.2, -0.15) is 0 Å². The molecule has 1 fully saturated rings. The fraction of sp³-hybridized carbons (Fsp3) is 0.375. The highest BCUT2D eigenvalue weighted by molar-refractivity contribution is 7.91. The number of anilines is 3. The maximum absolute atomic E-state index is 11.5. The number of nitrogens with zero attached hydrogens (tertiary/aromatic N) is 2. The molecule has 6 nitrogen and oxygen atoms in total. The van der Waals surface area contributed by atoms with Gasteiger partial charge in [-0.15, -0.1) is 0 Å². The van der Waals surface area contributed by atoms with Crippen LogP contribution in [0.4, 0.5) is 17.3 Å². The normalized spacial score (nSPS) is 19.5. The quantitative estimate of drug-likeness (QED) is 0.894. The van der Waals surface area contributed by atoms with Crippen LogP contribution in [0.5, 0.6) is 0 Å². The minimum Gasteiger partial charge on any atom is -0.366 e. The summed E-state index contributed by atoms with van der Waals surface area (Å²) in [6.07, 6.45) is 2.09. The predicted molar refractivity (Wildman–Crippen MR) is 91.9 cm³/mol. The van der Waals surface area contributed by atoms with Gasteiger partial charge in [-0.25, -0.2) is 18.4 Å². The van der Waals surface area contributed by atoms with Crippen LogP contribution in [0.25, 0.3) is 0 Å². The molecule has 1 aliphatic heterocycles. The highest BCUT2D eigenvalue weighted by Gasteiger charge is 2.27. The van der Waals surface area contributed by atoms with E-state index in [-0.39, 0.29) is 17.5 Å². The lowest BCUT2D eigenvalue weighted by Crippen LogP contribution is -2.21. The molecule has 23 heavy (non-hydrogen) atoms. The van der Waals surface area contributed by atoms with Gasteiger partial charge in [0.15, 0.2) is 9.84 Å². The maximum Gasteiger partial charge on any atom is 0.152 e. The Bertz CT molecular complexity index is 821. The molecule has 0 spiro atoms. The maximum atomic E-state index is 11.5. The molecule has 1 unspecified atom stereocenters. The lowest BCUT2D eigenvalue weighted by Gasteiger charge is -2.13. The molecule has 7 heteroatoms. The van der Waals surface area contributed by atoms with Crippen molar-refractivity contribution in [3.8, 4) is 0 Å². The molecule has 1 aromatic carbocycles. The minimum absolute atomic E-state index is 0.0798. The van der Waals surface area contributed by atoms with Crippen LogP contribution in [0.1, 0.15) is 17.5 Å². The van der Waals surface area contributed by atoms with Crippen LogP contribution in [0.2, 0.25) is 0 Å². The molecule has 3 rings (SSSR count). The average molecular weight is 332 g/mol. The van der Waals surface area contributed by atoms with Crippen molar-refractivity contribution in [1.29, 1.82) is 0 Å². The molecule has 1 saturated heterocycles. The highest BCUT2D eigenvalue weighted by Crippen LogP contribution is 2.22. The van der Waals surface area contributed by atoms with Crippen molar-refractivity contribution in [2.24, 2.45) is 0 Å². The molecular weight excluding hydrogens is 312 g/mol. The molecule has 0 aliphatic carbocycles. The smallest absolute Gasteiger partial charge is 0.152 e. The van der Waals surface area contributed by atoms with E-state index >= 15 is 0 Å². The Labute approximate surface area is 136 Å². The molecule has 0 radical (unpaired) electrons. The first-order valence-electron chi connectivity index (χ1n) is 7.54. The fourth-order valence-electron chi connectivity index (χ4n) is 2.71. The van der Waals surface area contributed by atoms with Crippen LogP contribution in [-0.4, -0.2) is 35.9 Å². The summed E-state index contributed by atoms with van der Waals surface area (Å²) in [7, 11) is -2.91. The Morgan fingerprint density at radius 3 is 2.61 bits per heavy atom. The number of aromatic nitrogens is 2. The van der Waals surface area contributed by atoms with E-state index in [0.717, 1.165) is 11.3 Å². The van der Waals surface area contributed by atoms with E-state index in [1.54, 1.807) is 6.07 Å². The molecule has 1 aliphatic rings. The van der Waals surface area contributed by atoms with Gasteiger partial charge in [-0.05, 0) is 31.9 Å². The van der Waals surface area contributed by atoms with E-state index in [1.807, 2.05) is 19.1 Å². The molecule has 1 atom stereocenters. The minimum atomic E-state index is -2.91. The van der Waals surface area contributed by atoms with Crippen molar-refractivity contribution in [3.63, 3.8) is 0 Å². The molecule has 2 heterocycles. The molecule has 2 aromatic rings. The van der Waals surface area contributed by atoms with Crippen molar-refractivity contribution in [1.82, 2.24) is 9.97 Å². The number of benzene rings is 1. The molecular formula is C16H20N4O2S. The summed E-state index contributed by atoms with van der Waals surface area (Å²) in [5, 5.41) is 6.45. The zero-order valence-corrected chi connectivity index (χ0v) is 14.0. The first-order valence-corrected chi connectivity index (χ1v) is 9.37. The standard InChI is InChI=1S/C16H20N4O2S/c1-11-3-4-14(12(2)7-11)20-16-8-15(17-10-18-16)19-13-5-6-23(21,22)9-13/h3-4,7-8,10,13H,5-6,9H2,1-2H3,(H2,17,18,19,20). The van der Waals surface area contributed by atoms with Gasteiger partial charge < -0.3 is 10.6 Å². The van der Waals surface area contributed by atoms with Gasteiger partial charge in [0.05, 0.1) is 11.5 Å². The summed E-state index contributed by atoms with van der Waals surface area (Å²) < 4.78 is 23.0. The molecule has 122 valence electrons. The van der Waals surface area contributed by atoms with E-state index in [1.165, 1.54) is 11.9 Å². The number of hydrogen-bond donors (Lipinski definition) is 2. The number of nitrogens with one attached hydrogen (secondary N) is 2. The van der Waals surface area contributed by atoms with Gasteiger partial charge in [0.2, 0.25) is 0 Å². The van der Waals surface area contributed by atoms with Crippen LogP contribution in [0, 0.1) is 13.8 Å². The Hall–Kier alpha value is -2.15. The third-order valence-corrected chi connectivity index (χ3v) is 5.66. The second kappa shape index (κ2) is 6.16. The second-order valence-corrected chi connectivity index (χ2v) is 8.20. The van der Waals surface area contributed by atoms with Crippen LogP contribution >= 0.6 is 0 Å². The SMILES string of the molecule is Cc1ccc(Nc2cc(NC3CCS(=O)(=O)C3)ncn2)c(C)c1. The van der Waals surface area contributed by atoms with Gasteiger partial charge in [-0.3, -0.25) is 0 Å². The molecule has 0 amide bonds. The Morgan fingerprint density at radius 2 is 1.91 bits per heavy atom. The van der Waals surface area contributed by atoms with E-state index in [0.29, 0.717) is 18.1 Å². The number of aryl methyl sites for hydroxylation is 2. The number of sulfone groups is 1. The van der Waals surface area contributed by atoms with Gasteiger partial charge in [0, 0.05) is 17.8 Å². The second-order valence-electron chi connectivity index (χ2n) is 5.98. The van der Waals surface area contributed by atoms with Crippen LogP contribution in [0.3, 0.4) is 0 Å². The lowest BCUT2D eigenvalue weighted by molar-refractivity contribution is 0.602. The average Bonchev–Trinajstić information content (AvgIpc) is 2.81. The summed E-state index contributed by atoms with van der Waals surface area (Å²) in [6.45, 7) is 4.10. The monoisotopic (exact) mass is 332 g/mol. The first-order chi connectivity index (χ1) is 10.9. The largest absolute Gasteiger partial charge is 0.366 e. The van der Waals surface area contributed by atoms with E-state index in [9.17, 15) is 8.42 Å². The molecule has 0 saturated carbocycles. The summed E-state index contributed by atoms with van der Waals surface area (Å²) in [4.78, 5) is 8.39. The number of hydrogen-bond acceptors (Lipinski definition) is 6. The third-order valence-electron chi connectivity index (χ3n) is 3.90. The van der Waals surface area contributed by atoms with Crippen LogP contribution in [0.15, 0.2) is 30.6 Å². The third kappa shape index (κ3) is 3.98. The van der Waals surface area contributed by atoms with Gasteiger partial charge in [0.1, 0.15) is 18.0 Å². The Balaban J connectivity index is 1.72. The fourth-order valence-corrected chi connectivity index (χ4v) is 4.39. The number of rotatable bonds is 4. The topological polar surface area (TPSA) is 84.0 Å². The zero-order valence-electron chi connectivity index (χ0n) is 13.2. The van der Waals surface area contributed by atoms with Crippen LogP contribution < -0.4 is 10.6 Å². The predicted octanol–water partition coefficient (Wildman–Crippen LogP) is 2.44. The first kappa shape index (κ1) is 15.7. The lowest BCUT2D eigenvalue weighted by atomic mass is 10.1. The van der Waals surface area contributed by atoms with Crippen molar-refractivity contribution in [3.05, 3.63) is 41.7 Å². The van der Waals surface area contributed by atoms with Crippen LogP contribution in [-0.2, 0) is 9.84 Å². The van der Waals surface area contributed by atoms with Crippen molar-refractivity contribution in [2.75, 3.05) is 22.1 Å². The highest BCUT2D eigenvalue weighted by atomic mass is 32.2. The van der Waals surface area contributed by atoms with E-state index in [2.05, 4.69) is 33.6 Å². The summed E-state index contributed by atoms with van der Waals surface area (Å²) in [5.74, 6) is 1.71. The summed E-state index contributed by atoms with van der Waals surface area (Å²) in [6, 6.07) is 7.88.